The van der Waals surface area contributed by atoms with Crippen LogP contribution in [0.5, 0.6) is 0 Å². The van der Waals surface area contributed by atoms with Crippen molar-refractivity contribution in [3.8, 4) is 22.3 Å². The SMILES string of the molecule is c1ccc(-c2ccc(N(c3ccc(-c4cc5ccccc5c5ccccc45)cc3)c3ccc4ccc5oc6ccccc6c5c4c3)cc2)cc1. The number of nitrogens with zero attached hydrogens (tertiary/aromatic N) is 1. The molecule has 0 radical (unpaired) electrons. The van der Waals surface area contributed by atoms with Gasteiger partial charge in [-0.2, -0.15) is 0 Å². The van der Waals surface area contributed by atoms with Crippen LogP contribution in [0.3, 0.4) is 0 Å². The number of anilines is 3. The highest BCUT2D eigenvalue weighted by molar-refractivity contribution is 6.19. The third-order valence-electron chi connectivity index (χ3n) is 10.0. The number of para-hydroxylation sites is 1. The van der Waals surface area contributed by atoms with E-state index in [1.807, 2.05) is 12.1 Å². The summed E-state index contributed by atoms with van der Waals surface area (Å²) in [5.74, 6) is 0. The second-order valence-electron chi connectivity index (χ2n) is 12.9. The predicted molar refractivity (Wildman–Crippen MR) is 212 cm³/mol. The van der Waals surface area contributed by atoms with Gasteiger partial charge in [0.2, 0.25) is 0 Å². The van der Waals surface area contributed by atoms with Crippen molar-refractivity contribution >= 4 is 71.3 Å². The highest BCUT2D eigenvalue weighted by Crippen LogP contribution is 2.42. The van der Waals surface area contributed by atoms with Crippen molar-refractivity contribution in [2.24, 2.45) is 0 Å². The molecule has 2 nitrogen and oxygen atoms in total. The molecular formula is C48H31NO. The molecule has 0 atom stereocenters. The molecule has 0 saturated carbocycles. The Balaban J connectivity index is 1.14. The first-order valence-electron chi connectivity index (χ1n) is 17.1. The van der Waals surface area contributed by atoms with E-state index in [1.54, 1.807) is 0 Å². The molecule has 0 fully saturated rings. The minimum Gasteiger partial charge on any atom is -0.456 e. The monoisotopic (exact) mass is 637 g/mol. The number of fused-ring (bicyclic) bond motifs is 8. The molecule has 0 saturated heterocycles. The Morgan fingerprint density at radius 3 is 1.68 bits per heavy atom. The number of benzene rings is 9. The average Bonchev–Trinajstić information content (AvgIpc) is 3.58. The van der Waals surface area contributed by atoms with Gasteiger partial charge >= 0.3 is 0 Å². The van der Waals surface area contributed by atoms with Crippen LogP contribution in [-0.4, -0.2) is 0 Å². The van der Waals surface area contributed by atoms with Gasteiger partial charge in [0, 0.05) is 27.8 Å². The maximum absolute atomic E-state index is 6.28. The molecule has 0 bridgehead atoms. The van der Waals surface area contributed by atoms with Crippen molar-refractivity contribution < 1.29 is 4.42 Å². The minimum absolute atomic E-state index is 0.904. The zero-order valence-corrected chi connectivity index (χ0v) is 27.3. The van der Waals surface area contributed by atoms with Gasteiger partial charge in [-0.1, -0.05) is 133 Å². The van der Waals surface area contributed by atoms with Gasteiger partial charge in [0.15, 0.2) is 0 Å². The molecule has 0 aliphatic carbocycles. The lowest BCUT2D eigenvalue weighted by Crippen LogP contribution is -2.09. The van der Waals surface area contributed by atoms with Gasteiger partial charge < -0.3 is 9.32 Å². The number of rotatable bonds is 5. The quantitative estimate of drug-likeness (QED) is 0.175. The van der Waals surface area contributed by atoms with Crippen molar-refractivity contribution in [3.63, 3.8) is 0 Å². The summed E-state index contributed by atoms with van der Waals surface area (Å²) in [6, 6.07) is 67.5. The van der Waals surface area contributed by atoms with E-state index in [2.05, 4.69) is 181 Å². The molecule has 1 aromatic heterocycles. The van der Waals surface area contributed by atoms with Gasteiger partial charge in [-0.15, -0.1) is 0 Å². The molecule has 10 rings (SSSR count). The summed E-state index contributed by atoms with van der Waals surface area (Å²) in [5, 5.41) is 9.72. The Morgan fingerprint density at radius 2 is 0.900 bits per heavy atom. The lowest BCUT2D eigenvalue weighted by molar-refractivity contribution is 0.669. The highest BCUT2D eigenvalue weighted by atomic mass is 16.3. The molecule has 50 heavy (non-hydrogen) atoms. The second-order valence-corrected chi connectivity index (χ2v) is 12.9. The zero-order valence-electron chi connectivity index (χ0n) is 27.3. The molecule has 9 aromatic carbocycles. The highest BCUT2D eigenvalue weighted by Gasteiger charge is 2.17. The predicted octanol–water partition coefficient (Wildman–Crippen LogP) is 13.8. The fourth-order valence-electron chi connectivity index (χ4n) is 7.63. The summed E-state index contributed by atoms with van der Waals surface area (Å²) in [5.41, 5.74) is 9.92. The Bertz CT molecular complexity index is 2850. The summed E-state index contributed by atoms with van der Waals surface area (Å²) in [6.45, 7) is 0. The fourth-order valence-corrected chi connectivity index (χ4v) is 7.63. The Morgan fingerprint density at radius 1 is 0.320 bits per heavy atom. The van der Waals surface area contributed by atoms with E-state index in [9.17, 15) is 0 Å². The van der Waals surface area contributed by atoms with Gasteiger partial charge in [0.1, 0.15) is 11.2 Å². The third kappa shape index (κ3) is 4.65. The molecule has 0 unspecified atom stereocenters. The van der Waals surface area contributed by atoms with Crippen molar-refractivity contribution in [3.05, 3.63) is 188 Å². The van der Waals surface area contributed by atoms with Gasteiger partial charge in [-0.25, -0.2) is 0 Å². The fraction of sp³-hybridized carbons (Fsp3) is 0. The smallest absolute Gasteiger partial charge is 0.136 e. The molecule has 0 N–H and O–H groups in total. The molecule has 10 aromatic rings. The number of hydrogen-bond donors (Lipinski definition) is 0. The van der Waals surface area contributed by atoms with E-state index >= 15 is 0 Å². The van der Waals surface area contributed by atoms with Gasteiger partial charge in [0.05, 0.1) is 0 Å². The van der Waals surface area contributed by atoms with Crippen LogP contribution in [0.15, 0.2) is 192 Å². The van der Waals surface area contributed by atoms with Crippen LogP contribution in [0.4, 0.5) is 17.1 Å². The van der Waals surface area contributed by atoms with E-state index in [-0.39, 0.29) is 0 Å². The molecule has 1 heterocycles. The molecule has 0 aliphatic heterocycles. The largest absolute Gasteiger partial charge is 0.456 e. The summed E-state index contributed by atoms with van der Waals surface area (Å²) < 4.78 is 6.28. The molecule has 0 amide bonds. The Labute approximate surface area is 290 Å². The molecule has 234 valence electrons. The normalized spacial score (nSPS) is 11.6. The molecule has 0 spiro atoms. The standard InChI is InChI=1S/C48H31NO/c1-2-10-32(11-3-1)33-18-24-37(25-19-33)49(39-28-22-35-23-29-47-48(45(35)31-39)43-16-8-9-17-46(43)50-47)38-26-20-34(21-27-38)44-30-36-12-4-5-13-40(36)41-14-6-7-15-42(41)44/h1-31H. The minimum atomic E-state index is 0.904. The van der Waals surface area contributed by atoms with Crippen LogP contribution in [0.2, 0.25) is 0 Å². The zero-order chi connectivity index (χ0) is 33.0. The van der Waals surface area contributed by atoms with Crippen molar-refractivity contribution in [2.45, 2.75) is 0 Å². The van der Waals surface area contributed by atoms with Crippen LogP contribution >= 0.6 is 0 Å². The summed E-state index contributed by atoms with van der Waals surface area (Å²) in [7, 11) is 0. The maximum Gasteiger partial charge on any atom is 0.136 e. The lowest BCUT2D eigenvalue weighted by Gasteiger charge is -2.26. The van der Waals surface area contributed by atoms with Gasteiger partial charge in [-0.3, -0.25) is 0 Å². The summed E-state index contributed by atoms with van der Waals surface area (Å²) in [6.07, 6.45) is 0. The van der Waals surface area contributed by atoms with Crippen LogP contribution in [0.1, 0.15) is 0 Å². The number of furan rings is 1. The van der Waals surface area contributed by atoms with Crippen molar-refractivity contribution in [1.29, 1.82) is 0 Å². The first-order chi connectivity index (χ1) is 24.8. The molecule has 2 heteroatoms. The molecular weight excluding hydrogens is 607 g/mol. The summed E-state index contributed by atoms with van der Waals surface area (Å²) >= 11 is 0. The Hall–Kier alpha value is -6.64. The van der Waals surface area contributed by atoms with Gasteiger partial charge in [-0.05, 0) is 109 Å². The number of hydrogen-bond acceptors (Lipinski definition) is 2. The first-order valence-corrected chi connectivity index (χ1v) is 17.1. The molecule has 0 aliphatic rings. The van der Waals surface area contributed by atoms with E-state index in [1.165, 1.54) is 54.6 Å². The van der Waals surface area contributed by atoms with Gasteiger partial charge in [0.25, 0.3) is 0 Å². The van der Waals surface area contributed by atoms with E-state index < -0.39 is 0 Å². The second kappa shape index (κ2) is 11.5. The van der Waals surface area contributed by atoms with Crippen LogP contribution in [0.25, 0.3) is 76.5 Å². The topological polar surface area (TPSA) is 16.4 Å². The third-order valence-corrected chi connectivity index (χ3v) is 10.0. The van der Waals surface area contributed by atoms with Crippen LogP contribution < -0.4 is 4.90 Å². The van der Waals surface area contributed by atoms with Crippen LogP contribution in [0, 0.1) is 0 Å². The average molecular weight is 638 g/mol. The van der Waals surface area contributed by atoms with E-state index in [0.29, 0.717) is 0 Å². The maximum atomic E-state index is 6.28. The van der Waals surface area contributed by atoms with Crippen molar-refractivity contribution in [2.75, 3.05) is 4.90 Å². The first kappa shape index (κ1) is 28.4. The van der Waals surface area contributed by atoms with Crippen LogP contribution in [-0.2, 0) is 0 Å². The van der Waals surface area contributed by atoms with E-state index in [0.717, 1.165) is 39.0 Å². The van der Waals surface area contributed by atoms with Crippen molar-refractivity contribution in [1.82, 2.24) is 0 Å². The summed E-state index contributed by atoms with van der Waals surface area (Å²) in [4.78, 5) is 2.36. The van der Waals surface area contributed by atoms with E-state index in [4.69, 9.17) is 4.42 Å². The lowest BCUT2D eigenvalue weighted by atomic mass is 9.93. The Kier molecular flexibility index (Phi) is 6.53.